The lowest BCUT2D eigenvalue weighted by Gasteiger charge is -2.10. The van der Waals surface area contributed by atoms with Gasteiger partial charge in [0, 0.05) is 11.9 Å². The molecule has 1 amide bonds. The molecule has 0 saturated heterocycles. The second-order valence-electron chi connectivity index (χ2n) is 4.47. The number of rotatable bonds is 6. The standard InChI is InChI=1S/C13H20N2O3S/c1-4-7-14-9-13(16)15-12-8-11(19(3,17)18)6-5-10(12)2/h5-6,8,14H,4,7,9H2,1-3H3,(H,15,16). The van der Waals surface area contributed by atoms with Gasteiger partial charge in [-0.25, -0.2) is 8.42 Å². The largest absolute Gasteiger partial charge is 0.325 e. The Morgan fingerprint density at radius 1 is 1.32 bits per heavy atom. The van der Waals surface area contributed by atoms with Gasteiger partial charge in [-0.1, -0.05) is 13.0 Å². The first kappa shape index (κ1) is 15.7. The maximum atomic E-state index is 11.7. The zero-order chi connectivity index (χ0) is 14.5. The van der Waals surface area contributed by atoms with Gasteiger partial charge < -0.3 is 10.6 Å². The lowest BCUT2D eigenvalue weighted by molar-refractivity contribution is -0.115. The molecule has 0 bridgehead atoms. The van der Waals surface area contributed by atoms with E-state index in [2.05, 4.69) is 10.6 Å². The minimum atomic E-state index is -3.27. The van der Waals surface area contributed by atoms with E-state index in [4.69, 9.17) is 0 Å². The van der Waals surface area contributed by atoms with E-state index in [0.717, 1.165) is 24.8 Å². The van der Waals surface area contributed by atoms with Gasteiger partial charge in [0.05, 0.1) is 11.4 Å². The van der Waals surface area contributed by atoms with Gasteiger partial charge in [0.25, 0.3) is 0 Å². The van der Waals surface area contributed by atoms with Crippen LogP contribution in [0.1, 0.15) is 18.9 Å². The molecule has 6 heteroatoms. The van der Waals surface area contributed by atoms with Gasteiger partial charge in [0.15, 0.2) is 9.84 Å². The molecule has 0 unspecified atom stereocenters. The quantitative estimate of drug-likeness (QED) is 0.773. The minimum Gasteiger partial charge on any atom is -0.325 e. The number of aryl methyl sites for hydroxylation is 1. The van der Waals surface area contributed by atoms with E-state index in [1.165, 1.54) is 12.1 Å². The molecular weight excluding hydrogens is 264 g/mol. The summed E-state index contributed by atoms with van der Waals surface area (Å²) in [4.78, 5) is 11.9. The summed E-state index contributed by atoms with van der Waals surface area (Å²) in [5, 5.41) is 5.70. The predicted molar refractivity (Wildman–Crippen MR) is 76.1 cm³/mol. The molecule has 0 heterocycles. The van der Waals surface area contributed by atoms with Crippen LogP contribution in [0.4, 0.5) is 5.69 Å². The summed E-state index contributed by atoms with van der Waals surface area (Å²) >= 11 is 0. The van der Waals surface area contributed by atoms with Gasteiger partial charge in [-0.2, -0.15) is 0 Å². The summed E-state index contributed by atoms with van der Waals surface area (Å²) in [6.45, 7) is 4.83. The summed E-state index contributed by atoms with van der Waals surface area (Å²) in [6.07, 6.45) is 2.10. The number of carbonyl (C=O) groups excluding carboxylic acids is 1. The minimum absolute atomic E-state index is 0.179. The molecule has 0 aliphatic heterocycles. The van der Waals surface area contributed by atoms with Crippen LogP contribution in [0.2, 0.25) is 0 Å². The molecule has 19 heavy (non-hydrogen) atoms. The average molecular weight is 284 g/mol. The molecule has 0 atom stereocenters. The fourth-order valence-corrected chi connectivity index (χ4v) is 2.19. The summed E-state index contributed by atoms with van der Waals surface area (Å²) in [7, 11) is -3.27. The highest BCUT2D eigenvalue weighted by atomic mass is 32.2. The third-order valence-corrected chi connectivity index (χ3v) is 3.73. The summed E-state index contributed by atoms with van der Waals surface area (Å²) < 4.78 is 22.9. The van der Waals surface area contributed by atoms with Crippen LogP contribution in [-0.4, -0.2) is 33.7 Å². The number of amides is 1. The van der Waals surface area contributed by atoms with Crippen molar-refractivity contribution in [2.24, 2.45) is 0 Å². The molecule has 1 aromatic carbocycles. The molecule has 1 aromatic rings. The normalized spacial score (nSPS) is 11.3. The van der Waals surface area contributed by atoms with Crippen molar-refractivity contribution in [3.8, 4) is 0 Å². The van der Waals surface area contributed by atoms with E-state index in [1.807, 2.05) is 13.8 Å². The van der Waals surface area contributed by atoms with Gasteiger partial charge in [-0.3, -0.25) is 4.79 Å². The molecule has 5 nitrogen and oxygen atoms in total. The number of carbonyl (C=O) groups is 1. The van der Waals surface area contributed by atoms with Crippen LogP contribution >= 0.6 is 0 Å². The number of benzene rings is 1. The molecule has 2 N–H and O–H groups in total. The van der Waals surface area contributed by atoms with Crippen LogP contribution in [0.3, 0.4) is 0 Å². The van der Waals surface area contributed by atoms with Gasteiger partial charge in [-0.05, 0) is 37.6 Å². The Morgan fingerprint density at radius 3 is 2.58 bits per heavy atom. The molecule has 0 radical (unpaired) electrons. The van der Waals surface area contributed by atoms with Gasteiger partial charge in [-0.15, -0.1) is 0 Å². The number of nitrogens with one attached hydrogen (secondary N) is 2. The van der Waals surface area contributed by atoms with Gasteiger partial charge >= 0.3 is 0 Å². The first-order valence-corrected chi connectivity index (χ1v) is 8.05. The number of anilines is 1. The Kier molecular flexibility index (Phi) is 5.50. The van der Waals surface area contributed by atoms with E-state index in [0.29, 0.717) is 5.69 Å². The maximum Gasteiger partial charge on any atom is 0.238 e. The molecule has 1 rings (SSSR count). The molecule has 0 saturated carbocycles. The molecule has 0 fully saturated rings. The molecule has 0 aromatic heterocycles. The second kappa shape index (κ2) is 6.68. The van der Waals surface area contributed by atoms with Crippen LogP contribution in [-0.2, 0) is 14.6 Å². The summed E-state index contributed by atoms with van der Waals surface area (Å²) in [6, 6.07) is 4.71. The topological polar surface area (TPSA) is 75.3 Å². The molecule has 0 spiro atoms. The Morgan fingerprint density at radius 2 is 2.00 bits per heavy atom. The van der Waals surface area contributed by atoms with Crippen molar-refractivity contribution in [3.05, 3.63) is 23.8 Å². The number of hydrogen-bond donors (Lipinski definition) is 2. The third kappa shape index (κ3) is 5.00. The Labute approximate surface area is 114 Å². The monoisotopic (exact) mass is 284 g/mol. The smallest absolute Gasteiger partial charge is 0.238 e. The van der Waals surface area contributed by atoms with Crippen LogP contribution in [0.15, 0.2) is 23.1 Å². The molecule has 106 valence electrons. The highest BCUT2D eigenvalue weighted by molar-refractivity contribution is 7.90. The number of sulfone groups is 1. The first-order chi connectivity index (χ1) is 8.84. The Hall–Kier alpha value is -1.40. The SMILES string of the molecule is CCCNCC(=O)Nc1cc(S(C)(=O)=O)ccc1C. The molecule has 0 aliphatic carbocycles. The van der Waals surface area contributed by atoms with Crippen molar-refractivity contribution in [2.75, 3.05) is 24.7 Å². The second-order valence-corrected chi connectivity index (χ2v) is 6.49. The fourth-order valence-electron chi connectivity index (χ4n) is 1.54. The van der Waals surface area contributed by atoms with Gasteiger partial charge in [0.1, 0.15) is 0 Å². The zero-order valence-corrected chi connectivity index (χ0v) is 12.3. The Balaban J connectivity index is 2.80. The van der Waals surface area contributed by atoms with E-state index in [9.17, 15) is 13.2 Å². The van der Waals surface area contributed by atoms with Crippen molar-refractivity contribution in [1.82, 2.24) is 5.32 Å². The molecular formula is C13H20N2O3S. The van der Waals surface area contributed by atoms with E-state index < -0.39 is 9.84 Å². The average Bonchev–Trinajstić information content (AvgIpc) is 2.31. The lowest BCUT2D eigenvalue weighted by atomic mass is 10.2. The lowest BCUT2D eigenvalue weighted by Crippen LogP contribution is -2.28. The molecule has 0 aliphatic rings. The van der Waals surface area contributed by atoms with E-state index in [-0.39, 0.29) is 17.3 Å². The van der Waals surface area contributed by atoms with Crippen LogP contribution < -0.4 is 10.6 Å². The maximum absolute atomic E-state index is 11.7. The van der Waals surface area contributed by atoms with Crippen molar-refractivity contribution < 1.29 is 13.2 Å². The van der Waals surface area contributed by atoms with E-state index >= 15 is 0 Å². The summed E-state index contributed by atoms with van der Waals surface area (Å²) in [5.74, 6) is -0.179. The van der Waals surface area contributed by atoms with Crippen LogP contribution in [0.25, 0.3) is 0 Å². The van der Waals surface area contributed by atoms with Gasteiger partial charge in [0.2, 0.25) is 5.91 Å². The Bertz CT molecular complexity index is 553. The zero-order valence-electron chi connectivity index (χ0n) is 11.5. The fraction of sp³-hybridized carbons (Fsp3) is 0.462. The first-order valence-electron chi connectivity index (χ1n) is 6.16. The van der Waals surface area contributed by atoms with E-state index in [1.54, 1.807) is 6.07 Å². The van der Waals surface area contributed by atoms with Crippen molar-refractivity contribution in [1.29, 1.82) is 0 Å². The van der Waals surface area contributed by atoms with Crippen LogP contribution in [0.5, 0.6) is 0 Å². The third-order valence-electron chi connectivity index (χ3n) is 2.62. The predicted octanol–water partition coefficient (Wildman–Crippen LogP) is 1.34. The summed E-state index contributed by atoms with van der Waals surface area (Å²) in [5.41, 5.74) is 1.36. The van der Waals surface area contributed by atoms with Crippen molar-refractivity contribution in [2.45, 2.75) is 25.2 Å². The van der Waals surface area contributed by atoms with Crippen molar-refractivity contribution >= 4 is 21.4 Å². The highest BCUT2D eigenvalue weighted by Crippen LogP contribution is 2.19. The highest BCUT2D eigenvalue weighted by Gasteiger charge is 2.11. The van der Waals surface area contributed by atoms with Crippen molar-refractivity contribution in [3.63, 3.8) is 0 Å². The number of hydrogen-bond acceptors (Lipinski definition) is 4. The van der Waals surface area contributed by atoms with Crippen LogP contribution in [0, 0.1) is 6.92 Å².